The summed E-state index contributed by atoms with van der Waals surface area (Å²) in [5.41, 5.74) is 2.97. The Morgan fingerprint density at radius 1 is 1.29 bits per heavy atom. The number of pyridine rings is 1. The van der Waals surface area contributed by atoms with Crippen molar-refractivity contribution in [3.05, 3.63) is 29.8 Å². The van der Waals surface area contributed by atoms with Gasteiger partial charge in [-0.2, -0.15) is 5.10 Å². The molecule has 24 heavy (non-hydrogen) atoms. The van der Waals surface area contributed by atoms with Crippen LogP contribution in [0.1, 0.15) is 39.2 Å². The van der Waals surface area contributed by atoms with Crippen LogP contribution in [0.5, 0.6) is 0 Å². The quantitative estimate of drug-likeness (QED) is 0.761. The average molecular weight is 324 g/mol. The first-order chi connectivity index (χ1) is 11.5. The Morgan fingerprint density at radius 3 is 2.79 bits per heavy atom. The summed E-state index contributed by atoms with van der Waals surface area (Å²) in [6, 6.07) is 8.29. The fraction of sp³-hybridized carbons (Fsp3) is 0.421. The van der Waals surface area contributed by atoms with E-state index in [9.17, 15) is 4.79 Å². The molecule has 2 aromatic heterocycles. The zero-order valence-corrected chi connectivity index (χ0v) is 14.8. The van der Waals surface area contributed by atoms with Crippen molar-refractivity contribution in [3.63, 3.8) is 0 Å². The van der Waals surface area contributed by atoms with Crippen molar-refractivity contribution >= 4 is 33.7 Å². The monoisotopic (exact) mass is 324 g/mol. The molecule has 0 unspecified atom stereocenters. The summed E-state index contributed by atoms with van der Waals surface area (Å²) >= 11 is 0. The Kier molecular flexibility index (Phi) is 4.51. The van der Waals surface area contributed by atoms with Crippen molar-refractivity contribution in [3.8, 4) is 0 Å². The number of anilines is 1. The Labute approximate surface area is 142 Å². The van der Waals surface area contributed by atoms with E-state index in [1.165, 1.54) is 5.56 Å². The van der Waals surface area contributed by atoms with Crippen LogP contribution in [0.25, 0.3) is 21.9 Å². The maximum atomic E-state index is 12.2. The smallest absolute Gasteiger partial charge is 0.225 e. The van der Waals surface area contributed by atoms with Gasteiger partial charge in [0.1, 0.15) is 0 Å². The third-order valence-corrected chi connectivity index (χ3v) is 3.96. The molecule has 2 heterocycles. The second-order valence-corrected chi connectivity index (χ2v) is 6.77. The highest BCUT2D eigenvalue weighted by molar-refractivity contribution is 6.02. The van der Waals surface area contributed by atoms with Gasteiger partial charge in [-0.25, -0.2) is 9.67 Å². The normalized spacial score (nSPS) is 11.5. The lowest BCUT2D eigenvalue weighted by atomic mass is 10.1. The highest BCUT2D eigenvalue weighted by atomic mass is 16.1. The van der Waals surface area contributed by atoms with Crippen molar-refractivity contribution in [2.75, 3.05) is 5.32 Å². The van der Waals surface area contributed by atoms with Gasteiger partial charge in [0, 0.05) is 18.4 Å². The topological polar surface area (TPSA) is 59.8 Å². The molecule has 0 spiro atoms. The number of benzene rings is 1. The van der Waals surface area contributed by atoms with Crippen LogP contribution in [0.15, 0.2) is 24.3 Å². The molecule has 1 amide bonds. The number of fused-ring (bicyclic) bond motifs is 2. The maximum absolute atomic E-state index is 12.2. The molecule has 0 radical (unpaired) electrons. The second-order valence-electron chi connectivity index (χ2n) is 6.77. The third-order valence-electron chi connectivity index (χ3n) is 3.96. The molecule has 1 aromatic carbocycles. The molecule has 0 saturated heterocycles. The number of hydrogen-bond acceptors (Lipinski definition) is 3. The number of carbonyl (C=O) groups is 1. The first-order valence-corrected chi connectivity index (χ1v) is 8.55. The van der Waals surface area contributed by atoms with Crippen LogP contribution in [0, 0.1) is 12.8 Å². The minimum atomic E-state index is -0.00273. The van der Waals surface area contributed by atoms with Gasteiger partial charge >= 0.3 is 0 Å². The van der Waals surface area contributed by atoms with E-state index < -0.39 is 0 Å². The Bertz CT molecular complexity index is 895. The van der Waals surface area contributed by atoms with Crippen molar-refractivity contribution in [2.24, 2.45) is 5.92 Å². The van der Waals surface area contributed by atoms with Crippen LogP contribution in [-0.4, -0.2) is 20.7 Å². The predicted molar refractivity (Wildman–Crippen MR) is 98.1 cm³/mol. The van der Waals surface area contributed by atoms with E-state index in [-0.39, 0.29) is 5.91 Å². The van der Waals surface area contributed by atoms with E-state index in [1.807, 2.05) is 18.5 Å². The van der Waals surface area contributed by atoms with Crippen LogP contribution in [0.3, 0.4) is 0 Å². The van der Waals surface area contributed by atoms with E-state index in [1.54, 1.807) is 0 Å². The van der Waals surface area contributed by atoms with E-state index in [2.05, 4.69) is 48.5 Å². The number of rotatable bonds is 5. The van der Waals surface area contributed by atoms with Gasteiger partial charge in [0.05, 0.1) is 10.9 Å². The Morgan fingerprint density at radius 2 is 2.08 bits per heavy atom. The average Bonchev–Trinajstić information content (AvgIpc) is 2.82. The molecule has 0 aliphatic carbocycles. The van der Waals surface area contributed by atoms with Gasteiger partial charge in [-0.05, 0) is 37.0 Å². The first-order valence-electron chi connectivity index (χ1n) is 8.55. The number of aromatic nitrogens is 3. The van der Waals surface area contributed by atoms with Gasteiger partial charge in [-0.15, -0.1) is 0 Å². The molecular weight excluding hydrogens is 300 g/mol. The lowest BCUT2D eigenvalue weighted by Crippen LogP contribution is -2.14. The molecule has 1 N–H and O–H groups in total. The summed E-state index contributed by atoms with van der Waals surface area (Å²) in [7, 11) is 0. The lowest BCUT2D eigenvalue weighted by Gasteiger charge is -2.05. The number of carbonyl (C=O) groups excluding carboxylic acids is 1. The molecule has 0 aliphatic heterocycles. The largest absolute Gasteiger partial charge is 0.309 e. The number of hydrogen-bond donors (Lipinski definition) is 1. The van der Waals surface area contributed by atoms with Gasteiger partial charge in [-0.3, -0.25) is 4.79 Å². The van der Waals surface area contributed by atoms with Crippen LogP contribution >= 0.6 is 0 Å². The van der Waals surface area contributed by atoms with E-state index in [4.69, 9.17) is 4.98 Å². The van der Waals surface area contributed by atoms with Gasteiger partial charge < -0.3 is 5.32 Å². The highest BCUT2D eigenvalue weighted by Crippen LogP contribution is 2.27. The van der Waals surface area contributed by atoms with Gasteiger partial charge in [0.15, 0.2) is 11.5 Å². The summed E-state index contributed by atoms with van der Waals surface area (Å²) < 4.78 is 1.89. The molecule has 3 aromatic rings. The molecule has 3 rings (SSSR count). The van der Waals surface area contributed by atoms with Gasteiger partial charge in [0.25, 0.3) is 0 Å². The predicted octanol–water partition coefficient (Wildman–Crippen LogP) is 4.29. The molecule has 0 saturated carbocycles. The molecule has 0 bridgehead atoms. The van der Waals surface area contributed by atoms with Crippen molar-refractivity contribution in [2.45, 2.75) is 47.1 Å². The zero-order valence-electron chi connectivity index (χ0n) is 14.8. The number of nitrogens with one attached hydrogen (secondary N) is 1. The molecule has 0 atom stereocenters. The van der Waals surface area contributed by atoms with E-state index >= 15 is 0 Å². The maximum Gasteiger partial charge on any atom is 0.225 e. The molecule has 5 heteroatoms. The summed E-state index contributed by atoms with van der Waals surface area (Å²) in [6.45, 7) is 9.01. The second kappa shape index (κ2) is 6.59. The standard InChI is InChI=1S/C19H24N4O/c1-5-8-23-19-15(18(22-23)21-17(24)9-12(2)3)11-14-7-6-13(4)10-16(14)20-19/h6-7,10-12H,5,8-9H2,1-4H3,(H,21,22,24). The van der Waals surface area contributed by atoms with Crippen molar-refractivity contribution < 1.29 is 4.79 Å². The third kappa shape index (κ3) is 3.25. The molecule has 0 aliphatic rings. The summed E-state index contributed by atoms with van der Waals surface area (Å²) in [4.78, 5) is 17.0. The minimum Gasteiger partial charge on any atom is -0.309 e. The molecule has 126 valence electrons. The summed E-state index contributed by atoms with van der Waals surface area (Å²) in [6.07, 6.45) is 1.45. The fourth-order valence-electron chi connectivity index (χ4n) is 2.87. The number of nitrogens with zero attached hydrogens (tertiary/aromatic N) is 3. The molecule has 0 fully saturated rings. The Hall–Kier alpha value is -2.43. The highest BCUT2D eigenvalue weighted by Gasteiger charge is 2.15. The molecule has 5 nitrogen and oxygen atoms in total. The Balaban J connectivity index is 2.11. The van der Waals surface area contributed by atoms with Crippen LogP contribution in [0.4, 0.5) is 5.82 Å². The summed E-state index contributed by atoms with van der Waals surface area (Å²) in [5, 5.41) is 9.51. The fourth-order valence-corrected chi connectivity index (χ4v) is 2.87. The van der Waals surface area contributed by atoms with Crippen LogP contribution < -0.4 is 5.32 Å². The SMILES string of the molecule is CCCn1nc(NC(=O)CC(C)C)c2cc3ccc(C)cc3nc21. The van der Waals surface area contributed by atoms with E-state index in [0.29, 0.717) is 18.2 Å². The van der Waals surface area contributed by atoms with Crippen molar-refractivity contribution in [1.82, 2.24) is 14.8 Å². The van der Waals surface area contributed by atoms with Crippen molar-refractivity contribution in [1.29, 1.82) is 0 Å². The number of amides is 1. The zero-order chi connectivity index (χ0) is 17.3. The molecular formula is C19H24N4O. The minimum absolute atomic E-state index is 0.00273. The summed E-state index contributed by atoms with van der Waals surface area (Å²) in [5.74, 6) is 0.923. The van der Waals surface area contributed by atoms with Gasteiger partial charge in [-0.1, -0.05) is 32.9 Å². The lowest BCUT2D eigenvalue weighted by molar-refractivity contribution is -0.116. The van der Waals surface area contributed by atoms with Crippen LogP contribution in [-0.2, 0) is 11.3 Å². The van der Waals surface area contributed by atoms with Crippen LogP contribution in [0.2, 0.25) is 0 Å². The van der Waals surface area contributed by atoms with Gasteiger partial charge in [0.2, 0.25) is 5.91 Å². The first kappa shape index (κ1) is 16.4. The van der Waals surface area contributed by atoms with E-state index in [0.717, 1.165) is 34.9 Å². The number of aryl methyl sites for hydroxylation is 2.